The van der Waals surface area contributed by atoms with Gasteiger partial charge in [0, 0.05) is 11.8 Å². The van der Waals surface area contributed by atoms with Crippen molar-refractivity contribution in [1.82, 2.24) is 9.55 Å². The zero-order valence-electron chi connectivity index (χ0n) is 9.83. The van der Waals surface area contributed by atoms with Crippen molar-refractivity contribution in [3.63, 3.8) is 0 Å². The number of imidazole rings is 1. The Labute approximate surface area is 110 Å². The zero-order valence-corrected chi connectivity index (χ0v) is 10.6. The van der Waals surface area contributed by atoms with Crippen LogP contribution in [0.5, 0.6) is 0 Å². The number of hydrogen-bond acceptors (Lipinski definition) is 2. The number of para-hydroxylation sites is 1. The molecule has 0 spiro atoms. The highest BCUT2D eigenvalue weighted by Gasteiger charge is 2.34. The van der Waals surface area contributed by atoms with Gasteiger partial charge >= 0.3 is 11.9 Å². The predicted octanol–water partition coefficient (Wildman–Crippen LogP) is 3.03. The van der Waals surface area contributed by atoms with E-state index in [0.29, 0.717) is 5.52 Å². The summed E-state index contributed by atoms with van der Waals surface area (Å²) in [4.78, 5) is 14.3. The number of thioether (sulfide) groups is 1. The molecular formula is C12H11F3N2OS. The third-order valence-electron chi connectivity index (χ3n) is 3.33. The minimum absolute atomic E-state index is 0.0188. The van der Waals surface area contributed by atoms with E-state index in [1.165, 1.54) is 10.6 Å². The van der Waals surface area contributed by atoms with Gasteiger partial charge in [-0.15, -0.1) is 0 Å². The Balaban J connectivity index is 2.25. The molecule has 2 aromatic rings. The van der Waals surface area contributed by atoms with Crippen LogP contribution < -0.4 is 5.69 Å². The molecule has 1 N–H and O–H groups in total. The number of halogens is 3. The molecule has 0 bridgehead atoms. The van der Waals surface area contributed by atoms with E-state index in [4.69, 9.17) is 0 Å². The molecule has 3 rings (SSSR count). The van der Waals surface area contributed by atoms with Crippen LogP contribution in [0.4, 0.5) is 13.2 Å². The van der Waals surface area contributed by atoms with E-state index < -0.39 is 17.4 Å². The van der Waals surface area contributed by atoms with Crippen molar-refractivity contribution in [2.24, 2.45) is 0 Å². The molecule has 1 saturated heterocycles. The molecule has 1 fully saturated rings. The standard InChI is InChI=1S/C12H11F3N2OS/c13-12(14,15)8-2-1-3-9-10(8)16-11(18)17(9)7-4-5-19-6-7/h1-3,7H,4-6H2,(H,16,18). The number of hydrogen-bond donors (Lipinski definition) is 1. The molecule has 102 valence electrons. The van der Waals surface area contributed by atoms with E-state index >= 15 is 0 Å². The van der Waals surface area contributed by atoms with Crippen LogP contribution in [0.1, 0.15) is 18.0 Å². The van der Waals surface area contributed by atoms with Gasteiger partial charge in [0.25, 0.3) is 0 Å². The average Bonchev–Trinajstić information content (AvgIpc) is 2.92. The van der Waals surface area contributed by atoms with Crippen LogP contribution in [0.2, 0.25) is 0 Å². The van der Waals surface area contributed by atoms with E-state index in [1.807, 2.05) is 0 Å². The Hall–Kier alpha value is -1.37. The fourth-order valence-electron chi connectivity index (χ4n) is 2.47. The molecule has 1 atom stereocenters. The smallest absolute Gasteiger partial charge is 0.305 e. The second-order valence-electron chi connectivity index (χ2n) is 4.52. The van der Waals surface area contributed by atoms with Crippen molar-refractivity contribution in [1.29, 1.82) is 0 Å². The van der Waals surface area contributed by atoms with Crippen LogP contribution in [-0.4, -0.2) is 21.1 Å². The van der Waals surface area contributed by atoms with Gasteiger partial charge in [0.1, 0.15) is 0 Å². The van der Waals surface area contributed by atoms with Crippen molar-refractivity contribution in [2.75, 3.05) is 11.5 Å². The first-order valence-corrected chi connectivity index (χ1v) is 7.02. The first-order valence-electron chi connectivity index (χ1n) is 5.86. The lowest BCUT2D eigenvalue weighted by Gasteiger charge is -2.11. The molecule has 2 heterocycles. The summed E-state index contributed by atoms with van der Waals surface area (Å²) >= 11 is 1.71. The van der Waals surface area contributed by atoms with Gasteiger partial charge in [-0.3, -0.25) is 4.57 Å². The maximum atomic E-state index is 12.9. The quantitative estimate of drug-likeness (QED) is 0.876. The van der Waals surface area contributed by atoms with Crippen molar-refractivity contribution < 1.29 is 13.2 Å². The lowest BCUT2D eigenvalue weighted by molar-refractivity contribution is -0.136. The summed E-state index contributed by atoms with van der Waals surface area (Å²) in [6.45, 7) is 0. The fourth-order valence-corrected chi connectivity index (χ4v) is 3.67. The molecule has 0 saturated carbocycles. The summed E-state index contributed by atoms with van der Waals surface area (Å²) in [5.41, 5.74) is -1.02. The summed E-state index contributed by atoms with van der Waals surface area (Å²) in [6, 6.07) is 3.88. The summed E-state index contributed by atoms with van der Waals surface area (Å²) < 4.78 is 40.2. The molecule has 1 aliphatic heterocycles. The maximum absolute atomic E-state index is 12.9. The van der Waals surface area contributed by atoms with Crippen molar-refractivity contribution in [3.05, 3.63) is 34.2 Å². The highest BCUT2D eigenvalue weighted by Crippen LogP contribution is 2.35. The van der Waals surface area contributed by atoms with Gasteiger partial charge in [0.05, 0.1) is 16.6 Å². The zero-order chi connectivity index (χ0) is 13.6. The number of fused-ring (bicyclic) bond motifs is 1. The lowest BCUT2D eigenvalue weighted by atomic mass is 10.1. The molecule has 1 aromatic carbocycles. The maximum Gasteiger partial charge on any atom is 0.418 e. The number of nitrogens with one attached hydrogen (secondary N) is 1. The van der Waals surface area contributed by atoms with Gasteiger partial charge in [-0.2, -0.15) is 24.9 Å². The second kappa shape index (κ2) is 4.33. The number of benzene rings is 1. The predicted molar refractivity (Wildman–Crippen MR) is 68.5 cm³/mol. The number of alkyl halides is 3. The van der Waals surface area contributed by atoms with E-state index in [9.17, 15) is 18.0 Å². The Morgan fingerprint density at radius 2 is 2.16 bits per heavy atom. The number of aromatic nitrogens is 2. The largest absolute Gasteiger partial charge is 0.418 e. The van der Waals surface area contributed by atoms with Crippen molar-refractivity contribution in [3.8, 4) is 0 Å². The van der Waals surface area contributed by atoms with Gasteiger partial charge in [0.15, 0.2) is 0 Å². The molecule has 1 aromatic heterocycles. The van der Waals surface area contributed by atoms with Crippen molar-refractivity contribution >= 4 is 22.8 Å². The van der Waals surface area contributed by atoms with Gasteiger partial charge < -0.3 is 4.98 Å². The summed E-state index contributed by atoms with van der Waals surface area (Å²) in [7, 11) is 0. The third-order valence-corrected chi connectivity index (χ3v) is 4.47. The number of H-pyrrole nitrogens is 1. The Morgan fingerprint density at radius 3 is 2.79 bits per heavy atom. The Bertz CT molecular complexity index is 668. The monoisotopic (exact) mass is 288 g/mol. The summed E-state index contributed by atoms with van der Waals surface area (Å²) in [6.07, 6.45) is -3.65. The average molecular weight is 288 g/mol. The number of aromatic amines is 1. The van der Waals surface area contributed by atoms with Crippen LogP contribution in [0.15, 0.2) is 23.0 Å². The van der Waals surface area contributed by atoms with Crippen LogP contribution in [0.3, 0.4) is 0 Å². The minimum atomic E-state index is -4.46. The molecule has 0 aliphatic carbocycles. The van der Waals surface area contributed by atoms with Gasteiger partial charge in [0.2, 0.25) is 0 Å². The topological polar surface area (TPSA) is 37.8 Å². The number of rotatable bonds is 1. The van der Waals surface area contributed by atoms with Gasteiger partial charge in [-0.25, -0.2) is 4.79 Å². The van der Waals surface area contributed by atoms with Gasteiger partial charge in [-0.1, -0.05) is 6.07 Å². The number of nitrogens with zero attached hydrogens (tertiary/aromatic N) is 1. The summed E-state index contributed by atoms with van der Waals surface area (Å²) in [5.74, 6) is 1.70. The van der Waals surface area contributed by atoms with Crippen LogP contribution >= 0.6 is 11.8 Å². The first kappa shape index (κ1) is 12.7. The van der Waals surface area contributed by atoms with Gasteiger partial charge in [-0.05, 0) is 24.3 Å². The van der Waals surface area contributed by atoms with E-state index in [1.54, 1.807) is 17.8 Å². The lowest BCUT2D eigenvalue weighted by Crippen LogP contribution is -2.21. The molecule has 19 heavy (non-hydrogen) atoms. The molecule has 1 aliphatic rings. The highest BCUT2D eigenvalue weighted by molar-refractivity contribution is 7.99. The fraction of sp³-hybridized carbons (Fsp3) is 0.417. The van der Waals surface area contributed by atoms with E-state index in [2.05, 4.69) is 4.98 Å². The third kappa shape index (κ3) is 2.05. The van der Waals surface area contributed by atoms with Crippen LogP contribution in [-0.2, 0) is 6.18 Å². The molecular weight excluding hydrogens is 277 g/mol. The van der Waals surface area contributed by atoms with E-state index in [0.717, 1.165) is 24.0 Å². The molecule has 1 unspecified atom stereocenters. The molecule has 7 heteroatoms. The highest BCUT2D eigenvalue weighted by atomic mass is 32.2. The van der Waals surface area contributed by atoms with Crippen LogP contribution in [0, 0.1) is 0 Å². The van der Waals surface area contributed by atoms with E-state index in [-0.39, 0.29) is 11.6 Å². The summed E-state index contributed by atoms with van der Waals surface area (Å²) in [5, 5.41) is 0. The normalized spacial score (nSPS) is 20.3. The Morgan fingerprint density at radius 1 is 1.37 bits per heavy atom. The Kier molecular flexibility index (Phi) is 2.88. The molecule has 3 nitrogen and oxygen atoms in total. The molecule has 0 radical (unpaired) electrons. The van der Waals surface area contributed by atoms with Crippen LogP contribution in [0.25, 0.3) is 11.0 Å². The first-order chi connectivity index (χ1) is 8.98. The second-order valence-corrected chi connectivity index (χ2v) is 5.66. The molecule has 0 amide bonds. The SMILES string of the molecule is O=c1[nH]c2c(C(F)(F)F)cccc2n1C1CCSC1. The minimum Gasteiger partial charge on any atom is -0.305 e. The van der Waals surface area contributed by atoms with Crippen molar-refractivity contribution in [2.45, 2.75) is 18.6 Å².